The molecular formula is C15H23N5. The Morgan fingerprint density at radius 2 is 1.85 bits per heavy atom. The van der Waals surface area contributed by atoms with E-state index < -0.39 is 0 Å². The van der Waals surface area contributed by atoms with Gasteiger partial charge in [0.2, 0.25) is 0 Å². The molecule has 2 N–H and O–H groups in total. The molecule has 1 aromatic carbocycles. The van der Waals surface area contributed by atoms with Crippen molar-refractivity contribution in [3.05, 3.63) is 41.7 Å². The highest BCUT2D eigenvalue weighted by molar-refractivity contribution is 5.28. The summed E-state index contributed by atoms with van der Waals surface area (Å²) in [5.41, 5.74) is 7.78. The molecule has 2 aromatic rings. The smallest absolute Gasteiger partial charge is 0.176 e. The third-order valence-electron chi connectivity index (χ3n) is 4.27. The molecule has 1 atom stereocenters. The molecule has 5 nitrogen and oxygen atoms in total. The van der Waals surface area contributed by atoms with Gasteiger partial charge >= 0.3 is 0 Å². The molecule has 0 aliphatic carbocycles. The van der Waals surface area contributed by atoms with Crippen LogP contribution in [0.4, 0.5) is 0 Å². The monoisotopic (exact) mass is 273 g/mol. The summed E-state index contributed by atoms with van der Waals surface area (Å²) in [4.78, 5) is 1.48. The lowest BCUT2D eigenvalue weighted by Crippen LogP contribution is -2.46. The van der Waals surface area contributed by atoms with Gasteiger partial charge in [0.15, 0.2) is 5.82 Å². The number of nitrogens with zero attached hydrogens (tertiary/aromatic N) is 4. The summed E-state index contributed by atoms with van der Waals surface area (Å²) in [6.07, 6.45) is 2.63. The number of rotatable bonds is 6. The van der Waals surface area contributed by atoms with Gasteiger partial charge in [0, 0.05) is 17.9 Å². The van der Waals surface area contributed by atoms with Crippen LogP contribution in [0.2, 0.25) is 0 Å². The second-order valence-corrected chi connectivity index (χ2v) is 5.24. The van der Waals surface area contributed by atoms with Crippen LogP contribution in [0.25, 0.3) is 0 Å². The average molecular weight is 273 g/mol. The molecule has 0 aliphatic heterocycles. The molecular weight excluding hydrogens is 250 g/mol. The molecule has 0 saturated carbocycles. The lowest BCUT2D eigenvalue weighted by molar-refractivity contribution is 0.311. The van der Waals surface area contributed by atoms with E-state index in [4.69, 9.17) is 5.73 Å². The predicted octanol–water partition coefficient (Wildman–Crippen LogP) is 1.84. The predicted molar refractivity (Wildman–Crippen MR) is 79.2 cm³/mol. The lowest BCUT2D eigenvalue weighted by atomic mass is 9.69. The van der Waals surface area contributed by atoms with Crippen molar-refractivity contribution in [3.63, 3.8) is 0 Å². The van der Waals surface area contributed by atoms with Gasteiger partial charge in [-0.15, -0.1) is 10.2 Å². The zero-order chi connectivity index (χ0) is 14.6. The molecule has 0 saturated heterocycles. The van der Waals surface area contributed by atoms with Gasteiger partial charge in [0.25, 0.3) is 0 Å². The molecule has 108 valence electrons. The van der Waals surface area contributed by atoms with Crippen LogP contribution >= 0.6 is 0 Å². The largest absolute Gasteiger partial charge is 0.326 e. The van der Waals surface area contributed by atoms with Crippen LogP contribution in [0.3, 0.4) is 0 Å². The highest BCUT2D eigenvalue weighted by Gasteiger charge is 2.35. The summed E-state index contributed by atoms with van der Waals surface area (Å²) in [6.45, 7) is 4.39. The van der Waals surface area contributed by atoms with Crippen LogP contribution in [-0.4, -0.2) is 26.2 Å². The van der Waals surface area contributed by atoms with Crippen LogP contribution in [0.1, 0.15) is 38.1 Å². The van der Waals surface area contributed by atoms with Crippen molar-refractivity contribution in [2.45, 2.75) is 44.6 Å². The fourth-order valence-corrected chi connectivity index (χ4v) is 2.96. The minimum Gasteiger partial charge on any atom is -0.326 e. The maximum Gasteiger partial charge on any atom is 0.176 e. The Kier molecular flexibility index (Phi) is 4.49. The molecule has 0 fully saturated rings. The highest BCUT2D eigenvalue weighted by atomic mass is 15.6. The molecule has 0 bridgehead atoms. The Morgan fingerprint density at radius 3 is 2.35 bits per heavy atom. The third-order valence-corrected chi connectivity index (χ3v) is 4.27. The molecule has 1 heterocycles. The molecule has 1 aromatic heterocycles. The third kappa shape index (κ3) is 2.72. The van der Waals surface area contributed by atoms with Crippen molar-refractivity contribution in [2.24, 2.45) is 12.8 Å². The Labute approximate surface area is 120 Å². The fourth-order valence-electron chi connectivity index (χ4n) is 2.96. The lowest BCUT2D eigenvalue weighted by Gasteiger charge is -2.38. The van der Waals surface area contributed by atoms with E-state index in [0.29, 0.717) is 12.2 Å². The standard InChI is InChI=1S/C15H23N5/c1-4-15(5-2,12-9-7-6-8-10-12)13(16)11-14-17-19-20(3)18-14/h6-10,13H,4-5,11,16H2,1-3H3. The first-order valence-electron chi connectivity index (χ1n) is 7.16. The summed E-state index contributed by atoms with van der Waals surface area (Å²) in [7, 11) is 1.77. The SMILES string of the molecule is CCC(CC)(c1ccccc1)C(N)Cc1nnn(C)n1. The molecule has 20 heavy (non-hydrogen) atoms. The molecule has 1 unspecified atom stereocenters. The summed E-state index contributed by atoms with van der Waals surface area (Å²) in [5.74, 6) is 0.710. The Balaban J connectivity index is 2.28. The minimum atomic E-state index is -0.0412. The first-order valence-corrected chi connectivity index (χ1v) is 7.16. The van der Waals surface area contributed by atoms with Gasteiger partial charge in [-0.3, -0.25) is 0 Å². The van der Waals surface area contributed by atoms with Crippen LogP contribution < -0.4 is 5.73 Å². The average Bonchev–Trinajstić information content (AvgIpc) is 2.87. The van der Waals surface area contributed by atoms with Gasteiger partial charge in [-0.2, -0.15) is 4.80 Å². The topological polar surface area (TPSA) is 69.6 Å². The molecule has 0 amide bonds. The highest BCUT2D eigenvalue weighted by Crippen LogP contribution is 2.35. The summed E-state index contributed by atoms with van der Waals surface area (Å²) < 4.78 is 0. The zero-order valence-electron chi connectivity index (χ0n) is 12.5. The van der Waals surface area contributed by atoms with E-state index in [1.54, 1.807) is 7.05 Å². The number of aryl methyl sites for hydroxylation is 1. The van der Waals surface area contributed by atoms with E-state index in [0.717, 1.165) is 12.8 Å². The van der Waals surface area contributed by atoms with E-state index in [9.17, 15) is 0 Å². The number of tetrazole rings is 1. The van der Waals surface area contributed by atoms with Crippen molar-refractivity contribution in [1.82, 2.24) is 20.2 Å². The van der Waals surface area contributed by atoms with Gasteiger partial charge in [0.1, 0.15) is 0 Å². The quantitative estimate of drug-likeness (QED) is 0.872. The van der Waals surface area contributed by atoms with Gasteiger partial charge in [0.05, 0.1) is 7.05 Å². The van der Waals surface area contributed by atoms with Gasteiger partial charge < -0.3 is 5.73 Å². The fraction of sp³-hybridized carbons (Fsp3) is 0.533. The van der Waals surface area contributed by atoms with Crippen molar-refractivity contribution >= 4 is 0 Å². The normalized spacial score (nSPS) is 13.4. The molecule has 0 aliphatic rings. The van der Waals surface area contributed by atoms with Crippen molar-refractivity contribution in [3.8, 4) is 0 Å². The van der Waals surface area contributed by atoms with E-state index in [2.05, 4.69) is 53.5 Å². The summed E-state index contributed by atoms with van der Waals surface area (Å²) in [5, 5.41) is 12.2. The second-order valence-electron chi connectivity index (χ2n) is 5.24. The van der Waals surface area contributed by atoms with E-state index in [-0.39, 0.29) is 11.5 Å². The van der Waals surface area contributed by atoms with Gasteiger partial charge in [-0.25, -0.2) is 0 Å². The molecule has 0 spiro atoms. The minimum absolute atomic E-state index is 0.0240. The van der Waals surface area contributed by atoms with Crippen LogP contribution in [0, 0.1) is 0 Å². The second kappa shape index (κ2) is 6.13. The number of nitrogens with two attached hydrogens (primary N) is 1. The van der Waals surface area contributed by atoms with Crippen molar-refractivity contribution < 1.29 is 0 Å². The van der Waals surface area contributed by atoms with Gasteiger partial charge in [-0.05, 0) is 23.6 Å². The first-order chi connectivity index (χ1) is 9.62. The van der Waals surface area contributed by atoms with E-state index in [1.807, 2.05) is 6.07 Å². The van der Waals surface area contributed by atoms with Crippen LogP contribution in [0.5, 0.6) is 0 Å². The number of aromatic nitrogens is 4. The summed E-state index contributed by atoms with van der Waals surface area (Å²) in [6, 6.07) is 10.5. The van der Waals surface area contributed by atoms with Crippen LogP contribution in [-0.2, 0) is 18.9 Å². The molecule has 2 rings (SSSR count). The Hall–Kier alpha value is -1.75. The molecule has 5 heteroatoms. The maximum absolute atomic E-state index is 6.53. The summed E-state index contributed by atoms with van der Waals surface area (Å²) >= 11 is 0. The molecule has 0 radical (unpaired) electrons. The van der Waals surface area contributed by atoms with Crippen molar-refractivity contribution in [2.75, 3.05) is 0 Å². The van der Waals surface area contributed by atoms with E-state index >= 15 is 0 Å². The number of hydrogen-bond acceptors (Lipinski definition) is 4. The Bertz CT molecular complexity index is 530. The van der Waals surface area contributed by atoms with Gasteiger partial charge in [-0.1, -0.05) is 44.2 Å². The first kappa shape index (κ1) is 14.7. The van der Waals surface area contributed by atoms with E-state index in [1.165, 1.54) is 10.4 Å². The zero-order valence-corrected chi connectivity index (χ0v) is 12.5. The number of hydrogen-bond donors (Lipinski definition) is 1. The maximum atomic E-state index is 6.53. The van der Waals surface area contributed by atoms with Crippen molar-refractivity contribution in [1.29, 1.82) is 0 Å². The van der Waals surface area contributed by atoms with Crippen LogP contribution in [0.15, 0.2) is 30.3 Å². The Morgan fingerprint density at radius 1 is 1.20 bits per heavy atom. The number of benzene rings is 1.